The van der Waals surface area contributed by atoms with Crippen LogP contribution in [0.5, 0.6) is 0 Å². The van der Waals surface area contributed by atoms with Crippen LogP contribution in [-0.2, 0) is 29.0 Å². The van der Waals surface area contributed by atoms with Crippen molar-refractivity contribution < 1.29 is 21.6 Å². The number of alkyl halides is 3. The lowest BCUT2D eigenvalue weighted by molar-refractivity contribution is -0.137. The van der Waals surface area contributed by atoms with Crippen molar-refractivity contribution in [2.24, 2.45) is 5.92 Å². The number of anilines is 1. The van der Waals surface area contributed by atoms with Crippen molar-refractivity contribution in [3.8, 4) is 0 Å². The highest BCUT2D eigenvalue weighted by atomic mass is 32.2. The minimum atomic E-state index is -4.60. The molecule has 3 aromatic rings. The number of thiophene rings is 1. The van der Waals surface area contributed by atoms with Crippen LogP contribution in [0.3, 0.4) is 0 Å². The van der Waals surface area contributed by atoms with Crippen molar-refractivity contribution in [2.45, 2.75) is 57.0 Å². The van der Waals surface area contributed by atoms with Crippen molar-refractivity contribution >= 4 is 37.4 Å². The lowest BCUT2D eigenvalue weighted by Crippen LogP contribution is -2.49. The molecule has 0 saturated carbocycles. The molecule has 194 valence electrons. The molecule has 1 aliphatic heterocycles. The molecule has 3 heterocycles. The number of rotatable bonds is 4. The molecule has 0 amide bonds. The minimum absolute atomic E-state index is 0.147. The van der Waals surface area contributed by atoms with E-state index in [1.165, 1.54) is 20.8 Å². The van der Waals surface area contributed by atoms with E-state index in [-0.39, 0.29) is 23.9 Å². The van der Waals surface area contributed by atoms with Crippen molar-refractivity contribution in [3.05, 3.63) is 46.1 Å². The SMILES string of the molecule is CC(C)c1nc(N2CCN(S(=O)(=O)c3cccc(C(F)(F)F)c3)CC2)c2c3c(sc2n1)C[C@H](C)CC3. The van der Waals surface area contributed by atoms with E-state index in [0.717, 1.165) is 53.3 Å². The summed E-state index contributed by atoms with van der Waals surface area (Å²) in [7, 11) is -4.05. The zero-order valence-electron chi connectivity index (χ0n) is 20.5. The summed E-state index contributed by atoms with van der Waals surface area (Å²) in [6.45, 7) is 7.53. The highest BCUT2D eigenvalue weighted by Crippen LogP contribution is 2.42. The number of benzene rings is 1. The van der Waals surface area contributed by atoms with Gasteiger partial charge in [-0.3, -0.25) is 0 Å². The van der Waals surface area contributed by atoms with Gasteiger partial charge in [-0.2, -0.15) is 17.5 Å². The quantitative estimate of drug-likeness (QED) is 0.441. The molecule has 0 spiro atoms. The van der Waals surface area contributed by atoms with Gasteiger partial charge in [0.05, 0.1) is 15.8 Å². The number of aromatic nitrogens is 2. The van der Waals surface area contributed by atoms with Crippen LogP contribution in [0.15, 0.2) is 29.2 Å². The first-order chi connectivity index (χ1) is 16.9. The zero-order valence-corrected chi connectivity index (χ0v) is 22.1. The monoisotopic (exact) mass is 538 g/mol. The lowest BCUT2D eigenvalue weighted by Gasteiger charge is -2.35. The fourth-order valence-electron chi connectivity index (χ4n) is 4.95. The maximum absolute atomic E-state index is 13.2. The molecule has 0 radical (unpaired) electrons. The zero-order chi connectivity index (χ0) is 25.8. The van der Waals surface area contributed by atoms with Crippen LogP contribution >= 0.6 is 11.3 Å². The largest absolute Gasteiger partial charge is 0.416 e. The van der Waals surface area contributed by atoms with Crippen LogP contribution in [0, 0.1) is 5.92 Å². The molecule has 0 unspecified atom stereocenters. The van der Waals surface area contributed by atoms with Gasteiger partial charge in [0, 0.05) is 37.0 Å². The fourth-order valence-corrected chi connectivity index (χ4v) is 7.80. The van der Waals surface area contributed by atoms with Crippen LogP contribution in [0.2, 0.25) is 0 Å². The number of aryl methyl sites for hydroxylation is 1. The first-order valence-electron chi connectivity index (χ1n) is 12.2. The Labute approximate surface area is 213 Å². The molecule has 2 aromatic heterocycles. The number of hydrogen-bond donors (Lipinski definition) is 0. The highest BCUT2D eigenvalue weighted by Gasteiger charge is 2.35. The van der Waals surface area contributed by atoms with Gasteiger partial charge < -0.3 is 4.90 Å². The van der Waals surface area contributed by atoms with Crippen LogP contribution < -0.4 is 4.90 Å². The number of hydrogen-bond acceptors (Lipinski definition) is 6. The molecule has 1 aliphatic carbocycles. The van der Waals surface area contributed by atoms with E-state index in [0.29, 0.717) is 25.1 Å². The second kappa shape index (κ2) is 9.25. The normalized spacial score (nSPS) is 19.8. The average Bonchev–Trinajstić information content (AvgIpc) is 3.20. The summed E-state index contributed by atoms with van der Waals surface area (Å²) in [5.41, 5.74) is 0.348. The first-order valence-corrected chi connectivity index (χ1v) is 14.5. The predicted octanol–water partition coefficient (Wildman–Crippen LogP) is 5.47. The Morgan fingerprint density at radius 1 is 1.11 bits per heavy atom. The fraction of sp³-hybridized carbons (Fsp3) is 0.520. The summed E-state index contributed by atoms with van der Waals surface area (Å²) in [5.74, 6) is 2.40. The minimum Gasteiger partial charge on any atom is -0.353 e. The Morgan fingerprint density at radius 3 is 2.50 bits per heavy atom. The van der Waals surface area contributed by atoms with Gasteiger partial charge in [-0.15, -0.1) is 11.3 Å². The Morgan fingerprint density at radius 2 is 1.83 bits per heavy atom. The molecule has 1 fully saturated rings. The Hall–Kier alpha value is -2.24. The summed E-state index contributed by atoms with van der Waals surface area (Å²) in [4.78, 5) is 13.9. The molecule has 6 nitrogen and oxygen atoms in total. The third-order valence-electron chi connectivity index (χ3n) is 7.01. The standard InChI is InChI=1S/C25H29F3N4O2S2/c1-15(2)22-29-23(21-19-8-7-16(3)13-20(19)35-24(21)30-22)31-9-11-32(12-10-31)36(33,34)18-6-4-5-17(14-18)25(26,27)28/h4-6,14-16H,7-13H2,1-3H3/t16-/m1/s1. The summed E-state index contributed by atoms with van der Waals surface area (Å²) < 4.78 is 67.0. The Kier molecular flexibility index (Phi) is 6.53. The molecular weight excluding hydrogens is 509 g/mol. The Balaban J connectivity index is 1.44. The number of sulfonamides is 1. The summed E-state index contributed by atoms with van der Waals surface area (Å²) >= 11 is 1.74. The molecule has 1 aromatic carbocycles. The van der Waals surface area contributed by atoms with E-state index in [9.17, 15) is 21.6 Å². The predicted molar refractivity (Wildman–Crippen MR) is 135 cm³/mol. The molecule has 1 atom stereocenters. The van der Waals surface area contributed by atoms with E-state index in [1.54, 1.807) is 11.3 Å². The maximum Gasteiger partial charge on any atom is 0.416 e. The molecule has 0 bridgehead atoms. The molecular formula is C25H29F3N4O2S2. The average molecular weight is 539 g/mol. The number of fused-ring (bicyclic) bond motifs is 3. The summed E-state index contributed by atoms with van der Waals surface area (Å²) in [6.07, 6.45) is -1.46. The smallest absolute Gasteiger partial charge is 0.353 e. The van der Waals surface area contributed by atoms with Gasteiger partial charge in [0.25, 0.3) is 0 Å². The van der Waals surface area contributed by atoms with Gasteiger partial charge in [0.1, 0.15) is 16.5 Å². The van der Waals surface area contributed by atoms with Gasteiger partial charge in [-0.05, 0) is 48.9 Å². The molecule has 2 aliphatic rings. The molecule has 0 N–H and O–H groups in total. The summed E-state index contributed by atoms with van der Waals surface area (Å²) in [5, 5.41) is 1.08. The van der Waals surface area contributed by atoms with E-state index in [1.807, 2.05) is 0 Å². The van der Waals surface area contributed by atoms with Crippen LogP contribution in [0.4, 0.5) is 19.0 Å². The molecule has 1 saturated heterocycles. The van der Waals surface area contributed by atoms with Gasteiger partial charge in [-0.25, -0.2) is 18.4 Å². The van der Waals surface area contributed by atoms with E-state index < -0.39 is 21.8 Å². The van der Waals surface area contributed by atoms with Gasteiger partial charge in [-0.1, -0.05) is 26.8 Å². The second-order valence-electron chi connectivity index (χ2n) is 10.0. The maximum atomic E-state index is 13.2. The van der Waals surface area contributed by atoms with Gasteiger partial charge in [0.2, 0.25) is 10.0 Å². The number of halogens is 3. The van der Waals surface area contributed by atoms with Crippen LogP contribution in [-0.4, -0.2) is 48.9 Å². The highest BCUT2D eigenvalue weighted by molar-refractivity contribution is 7.89. The van der Waals surface area contributed by atoms with Gasteiger partial charge in [0.15, 0.2) is 0 Å². The summed E-state index contributed by atoms with van der Waals surface area (Å²) in [6, 6.07) is 3.95. The third kappa shape index (κ3) is 4.61. The number of piperazine rings is 1. The van der Waals surface area contributed by atoms with Crippen LogP contribution in [0.25, 0.3) is 10.2 Å². The van der Waals surface area contributed by atoms with Crippen molar-refractivity contribution in [2.75, 3.05) is 31.1 Å². The molecule has 11 heteroatoms. The van der Waals surface area contributed by atoms with Crippen molar-refractivity contribution in [3.63, 3.8) is 0 Å². The molecule has 5 rings (SSSR count). The van der Waals surface area contributed by atoms with E-state index in [4.69, 9.17) is 9.97 Å². The van der Waals surface area contributed by atoms with Crippen LogP contribution in [0.1, 0.15) is 54.9 Å². The third-order valence-corrected chi connectivity index (χ3v) is 10.0. The second-order valence-corrected chi connectivity index (χ2v) is 13.0. The van der Waals surface area contributed by atoms with Gasteiger partial charge >= 0.3 is 6.18 Å². The van der Waals surface area contributed by atoms with E-state index in [2.05, 4.69) is 25.7 Å². The topological polar surface area (TPSA) is 66.4 Å². The molecule has 36 heavy (non-hydrogen) atoms. The van der Waals surface area contributed by atoms with Crippen molar-refractivity contribution in [1.82, 2.24) is 14.3 Å². The lowest BCUT2D eigenvalue weighted by atomic mass is 9.89. The number of nitrogens with zero attached hydrogens (tertiary/aromatic N) is 4. The Bertz CT molecular complexity index is 1390. The first kappa shape index (κ1) is 25.4. The van der Waals surface area contributed by atoms with E-state index >= 15 is 0 Å². The van der Waals surface area contributed by atoms with Crippen molar-refractivity contribution in [1.29, 1.82) is 0 Å².